The molecular formula is C41H46N2O18. The maximum atomic E-state index is 14.1. The van der Waals surface area contributed by atoms with Gasteiger partial charge >= 0.3 is 5.97 Å². The molecule has 2 aliphatic heterocycles. The van der Waals surface area contributed by atoms with Gasteiger partial charge < -0.3 is 79.9 Å². The van der Waals surface area contributed by atoms with Crippen molar-refractivity contribution < 1.29 is 88.5 Å². The molecule has 4 aliphatic rings. The van der Waals surface area contributed by atoms with E-state index in [0.29, 0.717) is 0 Å². The first-order chi connectivity index (χ1) is 28.9. The van der Waals surface area contributed by atoms with E-state index < -0.39 is 137 Å². The maximum Gasteiger partial charge on any atom is 0.328 e. The molecule has 10 N–H and O–H groups in total. The van der Waals surface area contributed by atoms with Crippen LogP contribution < -0.4 is 15.4 Å². The van der Waals surface area contributed by atoms with Gasteiger partial charge in [-0.25, -0.2) is 4.79 Å². The number of methoxy groups -OCH3 is 2. The zero-order valence-electron chi connectivity index (χ0n) is 33.6. The van der Waals surface area contributed by atoms with Gasteiger partial charge in [-0.05, 0) is 56.6 Å². The number of fused-ring (bicyclic) bond motifs is 5. The molecule has 2 saturated heterocycles. The number of rotatable bonds is 9. The van der Waals surface area contributed by atoms with Gasteiger partial charge in [0.2, 0.25) is 0 Å². The number of ether oxygens (including phenoxy) is 6. The molecule has 61 heavy (non-hydrogen) atoms. The van der Waals surface area contributed by atoms with Crippen molar-refractivity contribution in [2.24, 2.45) is 0 Å². The number of phenolic OH excluding ortho intramolecular Hbond substituents is 3. The van der Waals surface area contributed by atoms with Crippen LogP contribution in [-0.2, 0) is 28.5 Å². The lowest BCUT2D eigenvalue weighted by atomic mass is 9.74. The second-order valence-electron chi connectivity index (χ2n) is 15.3. The summed E-state index contributed by atoms with van der Waals surface area (Å²) >= 11 is 0. The van der Waals surface area contributed by atoms with E-state index in [1.54, 1.807) is 14.0 Å². The zero-order chi connectivity index (χ0) is 44.5. The predicted octanol–water partition coefficient (Wildman–Crippen LogP) is -0.523. The van der Waals surface area contributed by atoms with Crippen molar-refractivity contribution in [1.29, 1.82) is 0 Å². The molecule has 2 heterocycles. The molecule has 3 aromatic carbocycles. The van der Waals surface area contributed by atoms with Crippen LogP contribution in [0.5, 0.6) is 23.0 Å². The summed E-state index contributed by atoms with van der Waals surface area (Å²) in [7, 11) is 3.93. The number of amides is 1. The summed E-state index contributed by atoms with van der Waals surface area (Å²) in [5, 5.41) is 95.3. The van der Waals surface area contributed by atoms with Crippen molar-refractivity contribution in [2.45, 2.75) is 94.3 Å². The van der Waals surface area contributed by atoms with Crippen LogP contribution in [0.1, 0.15) is 84.9 Å². The van der Waals surface area contributed by atoms with Gasteiger partial charge in [-0.15, -0.1) is 0 Å². The second-order valence-corrected chi connectivity index (χ2v) is 15.3. The Morgan fingerprint density at radius 3 is 2.13 bits per heavy atom. The molecule has 7 rings (SSSR count). The minimum atomic E-state index is -1.88. The molecule has 0 radical (unpaired) electrons. The number of aryl methyl sites for hydroxylation is 1. The number of likely N-dealkylation sites (N-methyl/N-ethyl adjacent to an activating group) is 1. The van der Waals surface area contributed by atoms with E-state index in [-0.39, 0.29) is 44.7 Å². The van der Waals surface area contributed by atoms with Crippen LogP contribution in [-0.4, -0.2) is 153 Å². The van der Waals surface area contributed by atoms with Crippen LogP contribution in [0.25, 0.3) is 11.1 Å². The number of hydrogen-bond donors (Lipinski definition) is 10. The van der Waals surface area contributed by atoms with E-state index in [9.17, 15) is 60.0 Å². The molecule has 0 bridgehead atoms. The van der Waals surface area contributed by atoms with Crippen molar-refractivity contribution in [1.82, 2.24) is 10.6 Å². The molecule has 2 fully saturated rings. The van der Waals surface area contributed by atoms with Gasteiger partial charge in [-0.2, -0.15) is 0 Å². The maximum absolute atomic E-state index is 14.1. The molecule has 0 spiro atoms. The number of hydrogen-bond acceptors (Lipinski definition) is 19. The van der Waals surface area contributed by atoms with Crippen LogP contribution in [0.2, 0.25) is 0 Å². The summed E-state index contributed by atoms with van der Waals surface area (Å²) in [5.74, 6) is -5.84. The van der Waals surface area contributed by atoms with Crippen molar-refractivity contribution in [3.63, 3.8) is 0 Å². The van der Waals surface area contributed by atoms with Crippen molar-refractivity contribution in [2.75, 3.05) is 27.9 Å². The molecule has 2 aliphatic carbocycles. The average Bonchev–Trinajstić information content (AvgIpc) is 3.22. The summed E-state index contributed by atoms with van der Waals surface area (Å²) in [6, 6.07) is 2.76. The minimum absolute atomic E-state index is 0.0259. The van der Waals surface area contributed by atoms with Crippen molar-refractivity contribution >= 4 is 23.4 Å². The summed E-state index contributed by atoms with van der Waals surface area (Å²) in [4.78, 5) is 54.1. The number of esters is 1. The number of aromatic hydroxyl groups is 3. The molecule has 12 atom stereocenters. The van der Waals surface area contributed by atoms with Gasteiger partial charge in [0.1, 0.15) is 71.8 Å². The van der Waals surface area contributed by atoms with Crippen LogP contribution in [0.4, 0.5) is 0 Å². The Labute approximate surface area is 347 Å². The molecule has 20 nitrogen and oxygen atoms in total. The highest BCUT2D eigenvalue weighted by molar-refractivity contribution is 6.31. The third-order valence-corrected chi connectivity index (χ3v) is 11.6. The molecule has 0 aromatic heterocycles. The Hall–Kier alpha value is -5.26. The number of phenols is 3. The Balaban J connectivity index is 1.37. The number of nitrogens with one attached hydrogen (secondary N) is 2. The van der Waals surface area contributed by atoms with Crippen LogP contribution in [0.15, 0.2) is 24.3 Å². The van der Waals surface area contributed by atoms with Gasteiger partial charge in [-0.3, -0.25) is 14.4 Å². The lowest BCUT2D eigenvalue weighted by Gasteiger charge is -2.47. The Kier molecular flexibility index (Phi) is 11.9. The van der Waals surface area contributed by atoms with Crippen LogP contribution >= 0.6 is 0 Å². The van der Waals surface area contributed by atoms with Gasteiger partial charge in [0.15, 0.2) is 24.1 Å². The smallest absolute Gasteiger partial charge is 0.328 e. The number of carbonyl (C=O) groups is 4. The highest BCUT2D eigenvalue weighted by Gasteiger charge is 2.51. The number of aliphatic hydroxyl groups excluding tert-OH is 5. The summed E-state index contributed by atoms with van der Waals surface area (Å²) < 4.78 is 33.7. The summed E-state index contributed by atoms with van der Waals surface area (Å²) in [6.45, 7) is 3.97. The highest BCUT2D eigenvalue weighted by atomic mass is 16.7. The molecule has 3 aromatic rings. The largest absolute Gasteiger partial charge is 0.507 e. The first-order valence-electron chi connectivity index (χ1n) is 19.2. The monoisotopic (exact) mass is 854 g/mol. The number of aliphatic hydroxyl groups is 5. The standard InChI is InChI=1S/C41H46N2O18/c1-12-7-19-25(32(50)22(12)38(54)43-13(2)39(55)57-6)24-17(10-18-26(33(24)51)29(47)16-8-15(56-5)9-20(44)23(16)28(18)46)30(48)36(19)60-41-35(53)37(27(42-4)14(3)59-41)61-40-34(52)31(49)21(45)11-58-40/h7-10,13-14,21,27,30-31,34-37,40-42,44-45,48-53H,11H2,1-6H3,(H,43,54)/t13?,14?,21?,27?,30-,31?,34?,35?,36-,37?,40?,41?/m0/s1. The molecule has 328 valence electrons. The summed E-state index contributed by atoms with van der Waals surface area (Å²) in [5.41, 5.74) is -3.08. The topological polar surface area (TPSA) is 310 Å². The molecule has 0 saturated carbocycles. The van der Waals surface area contributed by atoms with Gasteiger partial charge in [0, 0.05) is 28.3 Å². The van der Waals surface area contributed by atoms with Crippen LogP contribution in [0, 0.1) is 6.92 Å². The van der Waals surface area contributed by atoms with E-state index in [4.69, 9.17) is 28.4 Å². The van der Waals surface area contributed by atoms with E-state index in [2.05, 4.69) is 10.6 Å². The Morgan fingerprint density at radius 1 is 0.820 bits per heavy atom. The van der Waals surface area contributed by atoms with Gasteiger partial charge in [0.05, 0.1) is 49.7 Å². The third kappa shape index (κ3) is 7.17. The minimum Gasteiger partial charge on any atom is -0.507 e. The zero-order valence-corrected chi connectivity index (χ0v) is 33.6. The van der Waals surface area contributed by atoms with E-state index in [0.717, 1.165) is 19.2 Å². The van der Waals surface area contributed by atoms with Gasteiger partial charge in [-0.1, -0.05) is 6.07 Å². The van der Waals surface area contributed by atoms with E-state index in [1.165, 1.54) is 33.1 Å². The normalized spacial score (nSPS) is 29.7. The van der Waals surface area contributed by atoms with E-state index in [1.807, 2.05) is 0 Å². The quantitative estimate of drug-likeness (QED) is 0.0947. The molecule has 20 heteroatoms. The predicted molar refractivity (Wildman–Crippen MR) is 205 cm³/mol. The summed E-state index contributed by atoms with van der Waals surface area (Å²) in [6.07, 6.45) is -15.4. The first-order valence-corrected chi connectivity index (χ1v) is 19.2. The Bertz CT molecular complexity index is 2300. The fourth-order valence-electron chi connectivity index (χ4n) is 8.47. The van der Waals surface area contributed by atoms with E-state index >= 15 is 0 Å². The average molecular weight is 855 g/mol. The second kappa shape index (κ2) is 16.5. The lowest BCUT2D eigenvalue weighted by molar-refractivity contribution is -0.339. The third-order valence-electron chi connectivity index (χ3n) is 11.6. The number of carbonyl (C=O) groups excluding carboxylic acids is 4. The highest BCUT2D eigenvalue weighted by Crippen LogP contribution is 2.57. The van der Waals surface area contributed by atoms with Crippen molar-refractivity contribution in [3.05, 3.63) is 68.8 Å². The number of ketones is 2. The Morgan fingerprint density at radius 2 is 1.48 bits per heavy atom. The molecular weight excluding hydrogens is 808 g/mol. The fraction of sp³-hybridized carbons (Fsp3) is 0.463. The molecule has 10 unspecified atom stereocenters. The van der Waals surface area contributed by atoms with Crippen molar-refractivity contribution in [3.8, 4) is 34.1 Å². The SMILES string of the molecule is CNC1C(C)OC(O[C@H]2c3cc(C)c(C(=O)NC(C)C(=O)OC)c(O)c3-c3c(cc4c(c3O)C(=O)c3cc(OC)cc(O)c3C4=O)[C@@H]2O)C(O)C1OC1OCC(O)C(O)C1O. The van der Waals surface area contributed by atoms with Crippen LogP contribution in [0.3, 0.4) is 0 Å². The fourth-order valence-corrected chi connectivity index (χ4v) is 8.47. The molecule has 1 amide bonds. The van der Waals surface area contributed by atoms with Gasteiger partial charge in [0.25, 0.3) is 5.91 Å². The lowest BCUT2D eigenvalue weighted by Crippen LogP contribution is -2.65. The first kappa shape index (κ1) is 43.8. The number of benzene rings is 3.